The molecule has 1 amide bonds. The van der Waals surface area contributed by atoms with Gasteiger partial charge in [0.1, 0.15) is 5.82 Å². The van der Waals surface area contributed by atoms with Gasteiger partial charge in [-0.25, -0.2) is 17.8 Å². The number of para-hydroxylation sites is 1. The molecule has 172 valence electrons. The van der Waals surface area contributed by atoms with Crippen LogP contribution >= 0.6 is 11.3 Å². The maximum Gasteiger partial charge on any atom is 0.261 e. The van der Waals surface area contributed by atoms with Crippen LogP contribution in [0.2, 0.25) is 0 Å². The molecule has 0 aliphatic carbocycles. The van der Waals surface area contributed by atoms with Gasteiger partial charge in [0.2, 0.25) is 6.79 Å². The molecule has 0 atom stereocenters. The van der Waals surface area contributed by atoms with E-state index in [0.717, 1.165) is 29.8 Å². The van der Waals surface area contributed by atoms with Gasteiger partial charge in [-0.3, -0.25) is 14.8 Å². The molecule has 0 saturated heterocycles. The molecule has 34 heavy (non-hydrogen) atoms. The second kappa shape index (κ2) is 8.76. The number of halogens is 1. The van der Waals surface area contributed by atoms with Gasteiger partial charge in [0.25, 0.3) is 15.9 Å². The topological polar surface area (TPSA) is 107 Å². The fourth-order valence-corrected chi connectivity index (χ4v) is 5.07. The molecule has 4 aromatic rings. The molecule has 0 bridgehead atoms. The van der Waals surface area contributed by atoms with Gasteiger partial charge in [0.05, 0.1) is 21.8 Å². The van der Waals surface area contributed by atoms with Crippen molar-refractivity contribution in [3.63, 3.8) is 0 Å². The normalized spacial score (nSPS) is 12.4. The number of hydrogen-bond acceptors (Lipinski definition) is 7. The monoisotopic (exact) mass is 497 g/mol. The van der Waals surface area contributed by atoms with Crippen LogP contribution in [0.15, 0.2) is 77.0 Å². The summed E-state index contributed by atoms with van der Waals surface area (Å²) in [5.41, 5.74) is 1.63. The summed E-state index contributed by atoms with van der Waals surface area (Å²) >= 11 is 1.23. The van der Waals surface area contributed by atoms with Gasteiger partial charge in [-0.1, -0.05) is 12.1 Å². The van der Waals surface area contributed by atoms with E-state index in [9.17, 15) is 17.6 Å². The summed E-state index contributed by atoms with van der Waals surface area (Å²) in [6.45, 7) is 0.168. The first kappa shape index (κ1) is 21.9. The SMILES string of the molecule is O=C(Nc1nc(-c2ccc3c(c2)OCO3)cs1)c1ccccc1NS(=O)(=O)c1ccc(F)cc1. The zero-order valence-corrected chi connectivity index (χ0v) is 19.0. The fraction of sp³-hybridized carbons (Fsp3) is 0.0435. The van der Waals surface area contributed by atoms with E-state index in [1.54, 1.807) is 23.6 Å². The summed E-state index contributed by atoms with van der Waals surface area (Å²) in [6.07, 6.45) is 0. The van der Waals surface area contributed by atoms with E-state index >= 15 is 0 Å². The highest BCUT2D eigenvalue weighted by atomic mass is 32.2. The van der Waals surface area contributed by atoms with E-state index in [4.69, 9.17) is 9.47 Å². The van der Waals surface area contributed by atoms with Gasteiger partial charge in [-0.15, -0.1) is 11.3 Å². The summed E-state index contributed by atoms with van der Waals surface area (Å²) in [5.74, 6) is 0.192. The lowest BCUT2D eigenvalue weighted by molar-refractivity contribution is 0.102. The minimum Gasteiger partial charge on any atom is -0.454 e. The van der Waals surface area contributed by atoms with Gasteiger partial charge < -0.3 is 9.47 Å². The van der Waals surface area contributed by atoms with Crippen LogP contribution < -0.4 is 19.5 Å². The molecular formula is C23H16FN3O5S2. The number of thiazole rings is 1. The van der Waals surface area contributed by atoms with E-state index in [1.165, 1.54) is 23.5 Å². The molecule has 1 aliphatic rings. The number of hydrogen-bond donors (Lipinski definition) is 2. The number of carbonyl (C=O) groups excluding carboxylic acids is 1. The van der Waals surface area contributed by atoms with Crippen LogP contribution in [0, 0.1) is 5.82 Å². The number of nitrogens with zero attached hydrogens (tertiary/aromatic N) is 1. The van der Waals surface area contributed by atoms with Crippen molar-refractivity contribution in [2.24, 2.45) is 0 Å². The number of ether oxygens (including phenoxy) is 2. The van der Waals surface area contributed by atoms with E-state index in [-0.39, 0.29) is 22.9 Å². The number of rotatable bonds is 6. The van der Waals surface area contributed by atoms with Crippen molar-refractivity contribution in [1.29, 1.82) is 0 Å². The predicted octanol–water partition coefficient (Wildman–Crippen LogP) is 4.73. The third kappa shape index (κ3) is 4.43. The molecule has 0 spiro atoms. The summed E-state index contributed by atoms with van der Waals surface area (Å²) in [5, 5.41) is 4.83. The van der Waals surface area contributed by atoms with Crippen LogP contribution in [0.25, 0.3) is 11.3 Å². The van der Waals surface area contributed by atoms with Crippen LogP contribution in [0.1, 0.15) is 10.4 Å². The first-order valence-electron chi connectivity index (χ1n) is 9.93. The fourth-order valence-electron chi connectivity index (χ4n) is 3.27. The molecule has 0 fully saturated rings. The number of nitrogens with one attached hydrogen (secondary N) is 2. The molecule has 1 aliphatic heterocycles. The highest BCUT2D eigenvalue weighted by molar-refractivity contribution is 7.92. The Morgan fingerprint density at radius 3 is 2.59 bits per heavy atom. The minimum absolute atomic E-state index is 0.0804. The lowest BCUT2D eigenvalue weighted by atomic mass is 10.1. The van der Waals surface area contributed by atoms with Crippen molar-refractivity contribution in [1.82, 2.24) is 4.98 Å². The Morgan fingerprint density at radius 2 is 1.76 bits per heavy atom. The van der Waals surface area contributed by atoms with Crippen LogP contribution in [-0.4, -0.2) is 26.1 Å². The van der Waals surface area contributed by atoms with Crippen LogP contribution in [0.4, 0.5) is 15.2 Å². The van der Waals surface area contributed by atoms with Gasteiger partial charge in [0, 0.05) is 10.9 Å². The first-order chi connectivity index (χ1) is 16.4. The Labute approximate surface area is 198 Å². The van der Waals surface area contributed by atoms with E-state index in [1.807, 2.05) is 12.1 Å². The maximum absolute atomic E-state index is 13.2. The Morgan fingerprint density at radius 1 is 1.00 bits per heavy atom. The molecule has 11 heteroatoms. The van der Waals surface area contributed by atoms with E-state index in [2.05, 4.69) is 15.0 Å². The third-order valence-corrected chi connectivity index (χ3v) is 7.07. The number of fused-ring (bicyclic) bond motifs is 1. The average Bonchev–Trinajstić information content (AvgIpc) is 3.48. The molecule has 0 radical (unpaired) electrons. The number of benzene rings is 3. The van der Waals surface area contributed by atoms with Crippen molar-refractivity contribution < 1.29 is 27.1 Å². The Bertz CT molecular complexity index is 1490. The molecule has 2 heterocycles. The van der Waals surface area contributed by atoms with Crippen molar-refractivity contribution in [3.05, 3.63) is 83.5 Å². The number of aromatic nitrogens is 1. The smallest absolute Gasteiger partial charge is 0.261 e. The Kier molecular flexibility index (Phi) is 5.64. The summed E-state index contributed by atoms with van der Waals surface area (Å²) in [7, 11) is -4.03. The molecule has 8 nitrogen and oxygen atoms in total. The lowest BCUT2D eigenvalue weighted by Gasteiger charge is -2.12. The van der Waals surface area contributed by atoms with Crippen LogP contribution in [0.5, 0.6) is 11.5 Å². The van der Waals surface area contributed by atoms with Crippen molar-refractivity contribution in [3.8, 4) is 22.8 Å². The lowest BCUT2D eigenvalue weighted by Crippen LogP contribution is -2.18. The maximum atomic E-state index is 13.2. The zero-order valence-electron chi connectivity index (χ0n) is 17.3. The number of anilines is 2. The number of carbonyl (C=O) groups is 1. The minimum atomic E-state index is -4.03. The van der Waals surface area contributed by atoms with Gasteiger partial charge in [-0.05, 0) is 54.6 Å². The molecule has 0 unspecified atom stereocenters. The van der Waals surface area contributed by atoms with E-state index in [0.29, 0.717) is 22.3 Å². The van der Waals surface area contributed by atoms with Crippen molar-refractivity contribution >= 4 is 38.1 Å². The Hall–Kier alpha value is -3.96. The number of sulfonamides is 1. The zero-order chi connectivity index (χ0) is 23.7. The highest BCUT2D eigenvalue weighted by Crippen LogP contribution is 2.36. The third-order valence-electron chi connectivity index (χ3n) is 4.93. The molecule has 5 rings (SSSR count). The molecule has 1 aromatic heterocycles. The molecule has 0 saturated carbocycles. The highest BCUT2D eigenvalue weighted by Gasteiger charge is 2.20. The molecular weight excluding hydrogens is 481 g/mol. The average molecular weight is 498 g/mol. The predicted molar refractivity (Wildman–Crippen MR) is 125 cm³/mol. The summed E-state index contributed by atoms with van der Waals surface area (Å²) < 4.78 is 51.6. The first-order valence-corrected chi connectivity index (χ1v) is 12.3. The molecule has 2 N–H and O–H groups in total. The number of amides is 1. The standard InChI is InChI=1S/C23H16FN3O5S2/c24-15-6-8-16(9-7-15)34(29,30)27-18-4-2-1-3-17(18)22(28)26-23-25-19(12-33-23)14-5-10-20-21(11-14)32-13-31-20/h1-12,27H,13H2,(H,25,26,28). The molecule has 3 aromatic carbocycles. The summed E-state index contributed by atoms with van der Waals surface area (Å²) in [4.78, 5) is 17.3. The van der Waals surface area contributed by atoms with Gasteiger partial charge in [-0.2, -0.15) is 0 Å². The van der Waals surface area contributed by atoms with Crippen molar-refractivity contribution in [2.75, 3.05) is 16.8 Å². The largest absolute Gasteiger partial charge is 0.454 e. The summed E-state index contributed by atoms with van der Waals surface area (Å²) in [6, 6.07) is 16.0. The van der Waals surface area contributed by atoms with Crippen LogP contribution in [0.3, 0.4) is 0 Å². The van der Waals surface area contributed by atoms with E-state index < -0.39 is 21.7 Å². The quantitative estimate of drug-likeness (QED) is 0.399. The Balaban J connectivity index is 1.35. The second-order valence-corrected chi connectivity index (χ2v) is 9.71. The second-order valence-electron chi connectivity index (χ2n) is 7.17. The van der Waals surface area contributed by atoms with Gasteiger partial charge >= 0.3 is 0 Å². The van der Waals surface area contributed by atoms with Crippen molar-refractivity contribution in [2.45, 2.75) is 4.90 Å². The van der Waals surface area contributed by atoms with Crippen LogP contribution in [-0.2, 0) is 10.0 Å². The van der Waals surface area contributed by atoms with Gasteiger partial charge in [0.15, 0.2) is 16.6 Å².